The monoisotopic (exact) mass is 412 g/mol. The number of carbonyl (C=O) groups excluding carboxylic acids is 1. The molecule has 1 aromatic heterocycles. The highest BCUT2D eigenvalue weighted by Crippen LogP contribution is 2.16. The minimum absolute atomic E-state index is 0.146. The molecule has 29 heavy (non-hydrogen) atoms. The van der Waals surface area contributed by atoms with Crippen molar-refractivity contribution in [1.82, 2.24) is 10.3 Å². The SMILES string of the molecule is O=C(Cc1csc(NO)n1)Nc1ccc(CCNC[C@H](O)c2ccccc2)cc1. The first kappa shape index (κ1) is 20.9. The van der Waals surface area contributed by atoms with Gasteiger partial charge in [0.15, 0.2) is 0 Å². The molecule has 3 aromatic rings. The smallest absolute Gasteiger partial charge is 0.230 e. The maximum absolute atomic E-state index is 12.1. The molecule has 1 atom stereocenters. The molecule has 0 aliphatic heterocycles. The molecule has 3 rings (SSSR count). The predicted molar refractivity (Wildman–Crippen MR) is 114 cm³/mol. The Bertz CT molecular complexity index is 900. The minimum Gasteiger partial charge on any atom is -0.387 e. The Kier molecular flexibility index (Phi) is 7.71. The molecular formula is C21H24N4O3S. The summed E-state index contributed by atoms with van der Waals surface area (Å²) >= 11 is 1.24. The lowest BCUT2D eigenvalue weighted by Gasteiger charge is -2.12. The van der Waals surface area contributed by atoms with E-state index in [2.05, 4.69) is 15.6 Å². The van der Waals surface area contributed by atoms with E-state index in [4.69, 9.17) is 5.21 Å². The summed E-state index contributed by atoms with van der Waals surface area (Å²) < 4.78 is 0. The summed E-state index contributed by atoms with van der Waals surface area (Å²) in [7, 11) is 0. The highest BCUT2D eigenvalue weighted by atomic mass is 32.1. The molecule has 0 saturated heterocycles. The largest absolute Gasteiger partial charge is 0.387 e. The van der Waals surface area contributed by atoms with Crippen LogP contribution in [-0.4, -0.2) is 34.3 Å². The standard InChI is InChI=1S/C21H24N4O3S/c26-19(16-4-2-1-3-5-16)13-22-11-10-15-6-8-17(9-7-15)23-20(27)12-18-14-29-21(24-18)25-28/h1-9,14,19,22,26,28H,10-13H2,(H,23,27)(H,24,25)/t19-/m0/s1. The zero-order valence-corrected chi connectivity index (χ0v) is 16.7. The van der Waals surface area contributed by atoms with Crippen LogP contribution in [0.1, 0.15) is 22.9 Å². The lowest BCUT2D eigenvalue weighted by atomic mass is 10.1. The van der Waals surface area contributed by atoms with Crippen LogP contribution >= 0.6 is 11.3 Å². The lowest BCUT2D eigenvalue weighted by molar-refractivity contribution is -0.115. The first-order valence-electron chi connectivity index (χ1n) is 9.31. The fourth-order valence-corrected chi connectivity index (χ4v) is 3.43. The first-order valence-corrected chi connectivity index (χ1v) is 10.2. The molecular weight excluding hydrogens is 388 g/mol. The van der Waals surface area contributed by atoms with Crippen LogP contribution in [0, 0.1) is 0 Å². The number of anilines is 2. The van der Waals surface area contributed by atoms with Crippen molar-refractivity contribution in [3.8, 4) is 0 Å². The van der Waals surface area contributed by atoms with Gasteiger partial charge >= 0.3 is 0 Å². The Morgan fingerprint density at radius 2 is 1.86 bits per heavy atom. The van der Waals surface area contributed by atoms with Gasteiger partial charge in [0.05, 0.1) is 18.2 Å². The van der Waals surface area contributed by atoms with Crippen LogP contribution in [0.5, 0.6) is 0 Å². The average molecular weight is 413 g/mol. The fourth-order valence-electron chi connectivity index (χ4n) is 2.83. The second-order valence-electron chi connectivity index (χ2n) is 6.56. The van der Waals surface area contributed by atoms with Gasteiger partial charge in [-0.25, -0.2) is 10.5 Å². The molecule has 0 unspecified atom stereocenters. The van der Waals surface area contributed by atoms with Crippen molar-refractivity contribution in [2.75, 3.05) is 23.9 Å². The van der Waals surface area contributed by atoms with Crippen LogP contribution in [0.15, 0.2) is 60.0 Å². The van der Waals surface area contributed by atoms with E-state index in [1.165, 1.54) is 11.3 Å². The van der Waals surface area contributed by atoms with Gasteiger partial charge < -0.3 is 15.7 Å². The normalized spacial score (nSPS) is 11.8. The van der Waals surface area contributed by atoms with Crippen molar-refractivity contribution in [2.24, 2.45) is 0 Å². The van der Waals surface area contributed by atoms with Gasteiger partial charge in [-0.15, -0.1) is 11.3 Å². The van der Waals surface area contributed by atoms with Crippen molar-refractivity contribution >= 4 is 28.1 Å². The van der Waals surface area contributed by atoms with Crippen LogP contribution in [0.2, 0.25) is 0 Å². The molecule has 7 nitrogen and oxygen atoms in total. The van der Waals surface area contributed by atoms with Crippen molar-refractivity contribution in [1.29, 1.82) is 0 Å². The van der Waals surface area contributed by atoms with Crippen molar-refractivity contribution in [2.45, 2.75) is 18.9 Å². The zero-order valence-electron chi connectivity index (χ0n) is 15.8. The highest BCUT2D eigenvalue weighted by molar-refractivity contribution is 7.13. The lowest BCUT2D eigenvalue weighted by Crippen LogP contribution is -2.23. The molecule has 0 radical (unpaired) electrons. The topological polar surface area (TPSA) is 107 Å². The number of amides is 1. The number of carbonyl (C=O) groups is 1. The average Bonchev–Trinajstić information content (AvgIpc) is 3.20. The summed E-state index contributed by atoms with van der Waals surface area (Å²) in [4.78, 5) is 16.2. The number of benzene rings is 2. The van der Waals surface area contributed by atoms with E-state index in [9.17, 15) is 9.90 Å². The molecule has 2 aromatic carbocycles. The van der Waals surface area contributed by atoms with Crippen molar-refractivity contribution in [3.63, 3.8) is 0 Å². The molecule has 0 aliphatic carbocycles. The quantitative estimate of drug-likeness (QED) is 0.259. The van der Waals surface area contributed by atoms with E-state index < -0.39 is 6.10 Å². The van der Waals surface area contributed by atoms with Crippen molar-refractivity contribution < 1.29 is 15.1 Å². The van der Waals surface area contributed by atoms with Gasteiger partial charge in [-0.05, 0) is 36.2 Å². The molecule has 0 fully saturated rings. The summed E-state index contributed by atoms with van der Waals surface area (Å²) in [6.45, 7) is 1.25. The number of hydrogen-bond donors (Lipinski definition) is 5. The molecule has 0 spiro atoms. The maximum atomic E-state index is 12.1. The van der Waals surface area contributed by atoms with E-state index in [0.29, 0.717) is 17.4 Å². The summed E-state index contributed by atoms with van der Waals surface area (Å²) in [6.07, 6.45) is 0.453. The Morgan fingerprint density at radius 3 is 2.55 bits per heavy atom. The van der Waals surface area contributed by atoms with E-state index in [1.807, 2.05) is 60.1 Å². The van der Waals surface area contributed by atoms with Gasteiger partial charge in [0, 0.05) is 17.6 Å². The van der Waals surface area contributed by atoms with Gasteiger partial charge in [0.25, 0.3) is 0 Å². The van der Waals surface area contributed by atoms with Gasteiger partial charge in [-0.1, -0.05) is 42.5 Å². The first-order chi connectivity index (χ1) is 14.1. The van der Waals surface area contributed by atoms with Crippen LogP contribution in [0.3, 0.4) is 0 Å². The van der Waals surface area contributed by atoms with E-state index >= 15 is 0 Å². The number of aliphatic hydroxyl groups is 1. The molecule has 8 heteroatoms. The number of hydrogen-bond acceptors (Lipinski definition) is 7. The minimum atomic E-state index is -0.518. The number of aromatic nitrogens is 1. The van der Waals surface area contributed by atoms with E-state index in [0.717, 1.165) is 29.8 Å². The molecule has 5 N–H and O–H groups in total. The molecule has 0 aliphatic rings. The Labute approximate surface area is 173 Å². The van der Waals surface area contributed by atoms with Crippen LogP contribution in [0.4, 0.5) is 10.8 Å². The third kappa shape index (κ3) is 6.65. The van der Waals surface area contributed by atoms with Gasteiger partial charge in [-0.3, -0.25) is 10.0 Å². The van der Waals surface area contributed by atoms with Crippen LogP contribution in [0.25, 0.3) is 0 Å². The number of rotatable bonds is 10. The molecule has 0 bridgehead atoms. The molecule has 1 heterocycles. The Balaban J connectivity index is 1.38. The number of aliphatic hydroxyl groups excluding tert-OH is 1. The Morgan fingerprint density at radius 1 is 1.10 bits per heavy atom. The molecule has 152 valence electrons. The molecule has 1 amide bonds. The summed E-state index contributed by atoms with van der Waals surface area (Å²) in [5, 5.41) is 27.1. The van der Waals surface area contributed by atoms with Crippen LogP contribution in [-0.2, 0) is 17.6 Å². The number of thiazole rings is 1. The third-order valence-electron chi connectivity index (χ3n) is 4.34. The van der Waals surface area contributed by atoms with E-state index in [1.54, 1.807) is 5.38 Å². The third-order valence-corrected chi connectivity index (χ3v) is 5.14. The number of nitrogens with zero attached hydrogens (tertiary/aromatic N) is 1. The Hall–Kier alpha value is -2.78. The fraction of sp³-hybridized carbons (Fsp3) is 0.238. The molecule has 0 saturated carbocycles. The van der Waals surface area contributed by atoms with Crippen LogP contribution < -0.4 is 16.1 Å². The van der Waals surface area contributed by atoms with Gasteiger partial charge in [-0.2, -0.15) is 0 Å². The zero-order chi connectivity index (χ0) is 20.5. The van der Waals surface area contributed by atoms with Gasteiger partial charge in [0.2, 0.25) is 11.0 Å². The van der Waals surface area contributed by atoms with E-state index in [-0.39, 0.29) is 12.3 Å². The summed E-state index contributed by atoms with van der Waals surface area (Å²) in [5.74, 6) is -0.163. The van der Waals surface area contributed by atoms with Crippen molar-refractivity contribution in [3.05, 3.63) is 76.8 Å². The second kappa shape index (κ2) is 10.7. The summed E-state index contributed by atoms with van der Waals surface area (Å²) in [6, 6.07) is 17.3. The second-order valence-corrected chi connectivity index (χ2v) is 7.42. The maximum Gasteiger partial charge on any atom is 0.230 e. The highest BCUT2D eigenvalue weighted by Gasteiger charge is 2.08. The predicted octanol–water partition coefficient (Wildman–Crippen LogP) is 2.99. The summed E-state index contributed by atoms with van der Waals surface area (Å²) in [5.41, 5.74) is 5.34. The number of nitrogens with one attached hydrogen (secondary N) is 3. The van der Waals surface area contributed by atoms with Gasteiger partial charge in [0.1, 0.15) is 0 Å².